The van der Waals surface area contributed by atoms with E-state index in [0.717, 1.165) is 5.01 Å². The normalized spacial score (nSPS) is 9.69. The molecule has 0 aliphatic rings. The number of benzene rings is 1. The van der Waals surface area contributed by atoms with Crippen LogP contribution in [0.25, 0.3) is 0 Å². The number of carbonyl (C=O) groups is 1. The zero-order chi connectivity index (χ0) is 12.1. The number of hydrazine groups is 1. The molecule has 86 valence electrons. The van der Waals surface area contributed by atoms with Crippen molar-refractivity contribution >= 4 is 11.7 Å². The summed E-state index contributed by atoms with van der Waals surface area (Å²) in [5.41, 5.74) is 0.432. The summed E-state index contributed by atoms with van der Waals surface area (Å²) < 4.78 is 4.98. The van der Waals surface area contributed by atoms with E-state index in [1.54, 1.807) is 38.3 Å². The van der Waals surface area contributed by atoms with Gasteiger partial charge in [0.25, 0.3) is 5.91 Å². The maximum atomic E-state index is 11.8. The van der Waals surface area contributed by atoms with Crippen LogP contribution in [0.4, 0.5) is 0 Å². The third kappa shape index (κ3) is 2.58. The van der Waals surface area contributed by atoms with E-state index in [0.29, 0.717) is 17.7 Å². The van der Waals surface area contributed by atoms with Gasteiger partial charge in [0.05, 0.1) is 7.11 Å². The van der Waals surface area contributed by atoms with Crippen LogP contribution >= 0.6 is 0 Å². The second-order valence-corrected chi connectivity index (χ2v) is 3.20. The van der Waals surface area contributed by atoms with E-state index < -0.39 is 5.91 Å². The van der Waals surface area contributed by atoms with Crippen LogP contribution in [-0.2, 0) is 0 Å². The van der Waals surface area contributed by atoms with Gasteiger partial charge in [-0.15, -0.1) is 0 Å². The molecule has 1 amide bonds. The molecule has 5 heteroatoms. The van der Waals surface area contributed by atoms with Crippen LogP contribution in [0.2, 0.25) is 0 Å². The van der Waals surface area contributed by atoms with Crippen molar-refractivity contribution in [1.29, 1.82) is 5.41 Å². The van der Waals surface area contributed by atoms with Crippen LogP contribution in [0.15, 0.2) is 24.3 Å². The number of ether oxygens (including phenoxy) is 1. The Morgan fingerprint density at radius 2 is 2.00 bits per heavy atom. The fourth-order valence-corrected chi connectivity index (χ4v) is 1.17. The Morgan fingerprint density at radius 3 is 2.44 bits per heavy atom. The van der Waals surface area contributed by atoms with Gasteiger partial charge in [0.15, 0.2) is 0 Å². The highest BCUT2D eigenvalue weighted by atomic mass is 16.5. The summed E-state index contributed by atoms with van der Waals surface area (Å²) in [6.45, 7) is 1.77. The van der Waals surface area contributed by atoms with Crippen LogP contribution in [0.1, 0.15) is 23.7 Å². The van der Waals surface area contributed by atoms with Gasteiger partial charge >= 0.3 is 0 Å². The van der Waals surface area contributed by atoms with Crippen molar-refractivity contribution in [2.45, 2.75) is 13.3 Å². The van der Waals surface area contributed by atoms with Crippen molar-refractivity contribution in [3.05, 3.63) is 29.8 Å². The molecule has 0 heterocycles. The zero-order valence-corrected chi connectivity index (χ0v) is 9.36. The van der Waals surface area contributed by atoms with Gasteiger partial charge < -0.3 is 4.74 Å². The Balaban J connectivity index is 2.84. The Hall–Kier alpha value is -1.88. The van der Waals surface area contributed by atoms with Gasteiger partial charge in [0, 0.05) is 12.0 Å². The average Bonchev–Trinajstić information content (AvgIpc) is 2.36. The van der Waals surface area contributed by atoms with Gasteiger partial charge in [-0.3, -0.25) is 10.2 Å². The molecule has 0 spiro atoms. The maximum Gasteiger partial charge on any atom is 0.273 e. The van der Waals surface area contributed by atoms with Crippen molar-refractivity contribution in [3.8, 4) is 5.75 Å². The second-order valence-electron chi connectivity index (χ2n) is 3.20. The third-order valence-electron chi connectivity index (χ3n) is 2.18. The van der Waals surface area contributed by atoms with Crippen molar-refractivity contribution in [3.63, 3.8) is 0 Å². The first-order chi connectivity index (χ1) is 7.60. The summed E-state index contributed by atoms with van der Waals surface area (Å²) in [5.74, 6) is 5.86. The summed E-state index contributed by atoms with van der Waals surface area (Å²) in [6, 6.07) is 6.58. The van der Waals surface area contributed by atoms with Crippen molar-refractivity contribution < 1.29 is 9.53 Å². The van der Waals surface area contributed by atoms with Crippen LogP contribution in [0.3, 0.4) is 0 Å². The Bertz CT molecular complexity index is 387. The molecule has 0 saturated heterocycles. The van der Waals surface area contributed by atoms with Crippen LogP contribution in [0.5, 0.6) is 5.75 Å². The number of amidine groups is 1. The lowest BCUT2D eigenvalue weighted by Gasteiger charge is -2.16. The highest BCUT2D eigenvalue weighted by molar-refractivity contribution is 6.04. The van der Waals surface area contributed by atoms with Crippen molar-refractivity contribution in [2.75, 3.05) is 7.11 Å². The van der Waals surface area contributed by atoms with E-state index in [-0.39, 0.29) is 5.84 Å². The molecule has 0 unspecified atom stereocenters. The SMILES string of the molecule is CCC(=N)N(N)C(=O)c1ccc(OC)cc1. The lowest BCUT2D eigenvalue weighted by molar-refractivity contribution is 0.0844. The topological polar surface area (TPSA) is 79.4 Å². The van der Waals surface area contributed by atoms with E-state index in [1.165, 1.54) is 0 Å². The summed E-state index contributed by atoms with van der Waals surface area (Å²) in [7, 11) is 1.55. The number of amides is 1. The Morgan fingerprint density at radius 1 is 1.44 bits per heavy atom. The number of nitrogens with two attached hydrogens (primary N) is 1. The fraction of sp³-hybridized carbons (Fsp3) is 0.273. The molecule has 1 aromatic carbocycles. The number of hydrogen-bond acceptors (Lipinski definition) is 4. The molecular formula is C11H15N3O2. The first-order valence-electron chi connectivity index (χ1n) is 4.90. The molecule has 0 aliphatic carbocycles. The molecule has 5 nitrogen and oxygen atoms in total. The van der Waals surface area contributed by atoms with Crippen LogP contribution in [-0.4, -0.2) is 23.9 Å². The molecule has 0 fully saturated rings. The Labute approximate surface area is 94.3 Å². The molecular weight excluding hydrogens is 206 g/mol. The van der Waals surface area contributed by atoms with E-state index in [2.05, 4.69) is 0 Å². The molecule has 0 saturated carbocycles. The van der Waals surface area contributed by atoms with Gasteiger partial charge in [0.2, 0.25) is 0 Å². The molecule has 1 aromatic rings. The monoisotopic (exact) mass is 221 g/mol. The lowest BCUT2D eigenvalue weighted by Crippen LogP contribution is -2.41. The van der Waals surface area contributed by atoms with Gasteiger partial charge in [-0.1, -0.05) is 6.92 Å². The quantitative estimate of drug-likeness (QED) is 0.266. The molecule has 3 N–H and O–H groups in total. The van der Waals surface area contributed by atoms with Crippen LogP contribution < -0.4 is 10.6 Å². The number of nitrogens with zero attached hydrogens (tertiary/aromatic N) is 1. The first kappa shape index (κ1) is 12.2. The minimum Gasteiger partial charge on any atom is -0.497 e. The van der Waals surface area contributed by atoms with Gasteiger partial charge in [-0.2, -0.15) is 0 Å². The van der Waals surface area contributed by atoms with Gasteiger partial charge in [0.1, 0.15) is 11.6 Å². The molecule has 0 atom stereocenters. The highest BCUT2D eigenvalue weighted by Gasteiger charge is 2.15. The summed E-state index contributed by atoms with van der Waals surface area (Å²) in [4.78, 5) is 11.8. The average molecular weight is 221 g/mol. The van der Waals surface area contributed by atoms with E-state index >= 15 is 0 Å². The number of rotatable bonds is 3. The van der Waals surface area contributed by atoms with Crippen molar-refractivity contribution in [2.24, 2.45) is 5.84 Å². The van der Waals surface area contributed by atoms with E-state index in [1.807, 2.05) is 0 Å². The summed E-state index contributed by atoms with van der Waals surface area (Å²) >= 11 is 0. The number of carbonyl (C=O) groups excluding carboxylic acids is 1. The molecule has 0 aromatic heterocycles. The fourth-order valence-electron chi connectivity index (χ4n) is 1.17. The summed E-state index contributed by atoms with van der Waals surface area (Å²) in [6.07, 6.45) is 0.415. The molecule has 1 rings (SSSR count). The molecule has 16 heavy (non-hydrogen) atoms. The summed E-state index contributed by atoms with van der Waals surface area (Å²) in [5, 5.41) is 8.31. The maximum absolute atomic E-state index is 11.8. The minimum absolute atomic E-state index is 0.0841. The van der Waals surface area contributed by atoms with E-state index in [9.17, 15) is 4.79 Å². The number of hydrogen-bond donors (Lipinski definition) is 2. The number of methoxy groups -OCH3 is 1. The molecule has 0 bridgehead atoms. The van der Waals surface area contributed by atoms with Crippen molar-refractivity contribution in [1.82, 2.24) is 5.01 Å². The predicted octanol–water partition coefficient (Wildman–Crippen LogP) is 1.40. The third-order valence-corrected chi connectivity index (χ3v) is 2.18. The molecule has 0 aliphatic heterocycles. The zero-order valence-electron chi connectivity index (χ0n) is 9.36. The second kappa shape index (κ2) is 5.27. The largest absolute Gasteiger partial charge is 0.497 e. The lowest BCUT2D eigenvalue weighted by atomic mass is 10.2. The predicted molar refractivity (Wildman–Crippen MR) is 61.4 cm³/mol. The van der Waals surface area contributed by atoms with Gasteiger partial charge in [-0.05, 0) is 24.3 Å². The smallest absolute Gasteiger partial charge is 0.273 e. The van der Waals surface area contributed by atoms with Crippen LogP contribution in [0, 0.1) is 5.41 Å². The first-order valence-corrected chi connectivity index (χ1v) is 4.90. The van der Waals surface area contributed by atoms with E-state index in [4.69, 9.17) is 16.0 Å². The Kier molecular flexibility index (Phi) is 4.02. The number of nitrogens with one attached hydrogen (secondary N) is 1. The standard InChI is InChI=1S/C11H15N3O2/c1-3-10(12)14(13)11(15)8-4-6-9(16-2)7-5-8/h4-7,12H,3,13H2,1-2H3. The molecule has 0 radical (unpaired) electrons. The minimum atomic E-state index is -0.394. The highest BCUT2D eigenvalue weighted by Crippen LogP contribution is 2.12. The van der Waals surface area contributed by atoms with Gasteiger partial charge in [-0.25, -0.2) is 10.9 Å².